The molecule has 0 fully saturated rings. The third-order valence-corrected chi connectivity index (χ3v) is 2.46. The molecule has 5 nitrogen and oxygen atoms in total. The van der Waals surface area contributed by atoms with E-state index >= 15 is 0 Å². The number of esters is 1. The normalized spacial score (nSPS) is 11.1. The smallest absolute Gasteiger partial charge is 0.329 e. The molecule has 0 bridgehead atoms. The Balaban J connectivity index is 2.63. The van der Waals surface area contributed by atoms with E-state index in [1.165, 1.54) is 0 Å². The highest BCUT2D eigenvalue weighted by atomic mass is 32.2. The van der Waals surface area contributed by atoms with Crippen LogP contribution in [0.5, 0.6) is 5.75 Å². The van der Waals surface area contributed by atoms with Gasteiger partial charge >= 0.3 is 5.97 Å². The molecule has 0 saturated carbocycles. The topological polar surface area (TPSA) is 80.7 Å². The van der Waals surface area contributed by atoms with E-state index in [1.807, 2.05) is 7.85 Å². The molecule has 1 aromatic rings. The second kappa shape index (κ2) is 5.13. The summed E-state index contributed by atoms with van der Waals surface area (Å²) in [5, 5.41) is 0. The molecule has 0 aromatic heterocycles. The molecular formula is C9H11BO5S. The summed E-state index contributed by atoms with van der Waals surface area (Å²) in [5.74, 6) is -1.79. The first-order valence-electron chi connectivity index (χ1n) is 4.65. The standard InChI is InChI=1S/C9H11BO5S/c10-5-7-1-3-8(4-2-7)15-9(11)6-16(12,13)14/h1-4H,5-6,10H2,(H,12,13,14). The highest BCUT2D eigenvalue weighted by Gasteiger charge is 2.14. The highest BCUT2D eigenvalue weighted by Crippen LogP contribution is 2.12. The molecule has 1 rings (SSSR count). The molecule has 0 aliphatic carbocycles. The molecule has 0 unspecified atom stereocenters. The van der Waals surface area contributed by atoms with Crippen molar-refractivity contribution in [2.24, 2.45) is 0 Å². The van der Waals surface area contributed by atoms with Crippen molar-refractivity contribution < 1.29 is 22.5 Å². The number of hydrogen-bond donors (Lipinski definition) is 1. The van der Waals surface area contributed by atoms with Crippen LogP contribution in [0.1, 0.15) is 5.56 Å². The Morgan fingerprint density at radius 3 is 2.31 bits per heavy atom. The summed E-state index contributed by atoms with van der Waals surface area (Å²) in [6.07, 6.45) is 0.860. The second-order valence-corrected chi connectivity index (χ2v) is 4.65. The Morgan fingerprint density at radius 2 is 1.88 bits per heavy atom. The van der Waals surface area contributed by atoms with Crippen LogP contribution in [0.2, 0.25) is 0 Å². The number of rotatable bonds is 4. The highest BCUT2D eigenvalue weighted by molar-refractivity contribution is 7.86. The van der Waals surface area contributed by atoms with Gasteiger partial charge in [0.1, 0.15) is 13.6 Å². The minimum atomic E-state index is -4.33. The molecule has 86 valence electrons. The third kappa shape index (κ3) is 4.46. The minimum Gasteiger partial charge on any atom is -0.426 e. The van der Waals surface area contributed by atoms with Gasteiger partial charge in [0.25, 0.3) is 10.1 Å². The summed E-state index contributed by atoms with van der Waals surface area (Å²) in [6.45, 7) is 0. The van der Waals surface area contributed by atoms with E-state index in [4.69, 9.17) is 9.29 Å². The van der Waals surface area contributed by atoms with E-state index in [0.29, 0.717) is 0 Å². The summed E-state index contributed by atoms with van der Waals surface area (Å²) in [7, 11) is -2.35. The summed E-state index contributed by atoms with van der Waals surface area (Å²) in [5.41, 5.74) is 1.08. The lowest BCUT2D eigenvalue weighted by Crippen LogP contribution is -2.20. The van der Waals surface area contributed by atoms with E-state index in [9.17, 15) is 13.2 Å². The molecular weight excluding hydrogens is 231 g/mol. The Labute approximate surface area is 94.6 Å². The van der Waals surface area contributed by atoms with Gasteiger partial charge in [-0.1, -0.05) is 24.0 Å². The van der Waals surface area contributed by atoms with Crippen LogP contribution in [0.25, 0.3) is 0 Å². The van der Waals surface area contributed by atoms with Crippen LogP contribution >= 0.6 is 0 Å². The average Bonchev–Trinajstić information content (AvgIpc) is 2.16. The quantitative estimate of drug-likeness (QED) is 0.336. The third-order valence-electron chi connectivity index (χ3n) is 1.86. The van der Waals surface area contributed by atoms with E-state index < -0.39 is 21.8 Å². The van der Waals surface area contributed by atoms with Gasteiger partial charge < -0.3 is 4.74 Å². The van der Waals surface area contributed by atoms with E-state index in [2.05, 4.69) is 0 Å². The Bertz CT molecular complexity index is 465. The Morgan fingerprint density at radius 1 is 1.31 bits per heavy atom. The average molecular weight is 242 g/mol. The molecule has 1 N–H and O–H groups in total. The van der Waals surface area contributed by atoms with Gasteiger partial charge in [-0.05, 0) is 12.1 Å². The van der Waals surface area contributed by atoms with E-state index in [-0.39, 0.29) is 5.75 Å². The largest absolute Gasteiger partial charge is 0.426 e. The molecule has 0 amide bonds. The number of ether oxygens (including phenoxy) is 1. The summed E-state index contributed by atoms with van der Waals surface area (Å²) in [6, 6.07) is 6.69. The van der Waals surface area contributed by atoms with Crippen molar-refractivity contribution in [1.29, 1.82) is 0 Å². The number of benzene rings is 1. The molecule has 0 atom stereocenters. The van der Waals surface area contributed by atoms with Gasteiger partial charge in [0.15, 0.2) is 5.75 Å². The van der Waals surface area contributed by atoms with Crippen LogP contribution < -0.4 is 4.74 Å². The van der Waals surface area contributed by atoms with Crippen molar-refractivity contribution in [2.75, 3.05) is 5.75 Å². The van der Waals surface area contributed by atoms with Crippen molar-refractivity contribution in [2.45, 2.75) is 6.32 Å². The van der Waals surface area contributed by atoms with Crippen molar-refractivity contribution in [3.05, 3.63) is 29.8 Å². The molecule has 1 aromatic carbocycles. The molecule has 0 saturated heterocycles. The lowest BCUT2D eigenvalue weighted by molar-refractivity contribution is -0.131. The first-order valence-corrected chi connectivity index (χ1v) is 6.26. The zero-order valence-electron chi connectivity index (χ0n) is 8.71. The lowest BCUT2D eigenvalue weighted by Gasteiger charge is -2.03. The maximum atomic E-state index is 11.0. The Hall–Kier alpha value is -1.34. The van der Waals surface area contributed by atoms with Gasteiger partial charge in [-0.25, -0.2) is 0 Å². The van der Waals surface area contributed by atoms with Crippen LogP contribution in [0.3, 0.4) is 0 Å². The van der Waals surface area contributed by atoms with E-state index in [0.717, 1.165) is 11.9 Å². The van der Waals surface area contributed by atoms with Crippen LogP contribution in [0, 0.1) is 0 Å². The summed E-state index contributed by atoms with van der Waals surface area (Å²) >= 11 is 0. The fourth-order valence-electron chi connectivity index (χ4n) is 1.10. The van der Waals surface area contributed by atoms with E-state index in [1.54, 1.807) is 24.3 Å². The van der Waals surface area contributed by atoms with Gasteiger partial charge in [0.05, 0.1) is 0 Å². The SMILES string of the molecule is BCc1ccc(OC(=O)CS(=O)(=O)O)cc1. The summed E-state index contributed by atoms with van der Waals surface area (Å²) < 4.78 is 33.9. The monoisotopic (exact) mass is 242 g/mol. The zero-order chi connectivity index (χ0) is 12.2. The van der Waals surface area contributed by atoms with Gasteiger partial charge in [-0.15, -0.1) is 0 Å². The molecule has 0 spiro atoms. The van der Waals surface area contributed by atoms with Gasteiger partial charge in [0.2, 0.25) is 0 Å². The van der Waals surface area contributed by atoms with Gasteiger partial charge in [-0.2, -0.15) is 8.42 Å². The fourth-order valence-corrected chi connectivity index (χ4v) is 1.46. The van der Waals surface area contributed by atoms with Gasteiger partial charge in [0, 0.05) is 0 Å². The molecule has 0 aliphatic rings. The molecule has 16 heavy (non-hydrogen) atoms. The maximum Gasteiger partial charge on any atom is 0.329 e. The first-order chi connectivity index (χ1) is 7.40. The predicted molar refractivity (Wildman–Crippen MR) is 60.7 cm³/mol. The van der Waals surface area contributed by atoms with Crippen molar-refractivity contribution in [3.63, 3.8) is 0 Å². The van der Waals surface area contributed by atoms with Crippen molar-refractivity contribution in [1.82, 2.24) is 0 Å². The van der Waals surface area contributed by atoms with Crippen molar-refractivity contribution in [3.8, 4) is 5.75 Å². The number of hydrogen-bond acceptors (Lipinski definition) is 4. The maximum absolute atomic E-state index is 11.0. The minimum absolute atomic E-state index is 0.255. The lowest BCUT2D eigenvalue weighted by atomic mass is 9.97. The molecule has 0 radical (unpaired) electrons. The van der Waals surface area contributed by atoms with Crippen molar-refractivity contribution >= 4 is 23.9 Å². The van der Waals surface area contributed by atoms with Crippen LogP contribution in [-0.2, 0) is 21.2 Å². The fraction of sp³-hybridized carbons (Fsp3) is 0.222. The molecule has 0 heterocycles. The van der Waals surface area contributed by atoms with Crippen LogP contribution in [0.15, 0.2) is 24.3 Å². The Kier molecular flexibility index (Phi) is 4.08. The first kappa shape index (κ1) is 12.7. The number of carbonyl (C=O) groups excluding carboxylic acids is 1. The van der Waals surface area contributed by atoms with Crippen LogP contribution in [0.4, 0.5) is 0 Å². The zero-order valence-corrected chi connectivity index (χ0v) is 9.53. The summed E-state index contributed by atoms with van der Waals surface area (Å²) in [4.78, 5) is 11.0. The second-order valence-electron chi connectivity index (χ2n) is 3.20. The predicted octanol–water partition coefficient (Wildman–Crippen LogP) is -0.387. The van der Waals surface area contributed by atoms with Gasteiger partial charge in [-0.3, -0.25) is 9.35 Å². The number of carbonyl (C=O) groups is 1. The molecule has 7 heteroatoms. The van der Waals surface area contributed by atoms with Crippen LogP contribution in [-0.4, -0.2) is 32.5 Å². The molecule has 0 aliphatic heterocycles.